The number of nitrogens with one attached hydrogen (secondary N) is 3. The number of thiazole rings is 1. The fourth-order valence-electron chi connectivity index (χ4n) is 3.47. The van der Waals surface area contributed by atoms with E-state index >= 15 is 0 Å². The van der Waals surface area contributed by atoms with Gasteiger partial charge in [0, 0.05) is 30.4 Å². The molecule has 3 N–H and O–H groups in total. The molecule has 28 heavy (non-hydrogen) atoms. The van der Waals surface area contributed by atoms with Gasteiger partial charge in [-0.25, -0.2) is 9.78 Å². The summed E-state index contributed by atoms with van der Waals surface area (Å²) in [6.45, 7) is 3.42. The number of esters is 1. The number of urea groups is 1. The maximum absolute atomic E-state index is 12.1. The van der Waals surface area contributed by atoms with Gasteiger partial charge in [-0.2, -0.15) is 0 Å². The van der Waals surface area contributed by atoms with Gasteiger partial charge in [-0.1, -0.05) is 12.8 Å². The average Bonchev–Trinajstić information content (AvgIpc) is 3.29. The maximum Gasteiger partial charge on any atom is 0.325 e. The third-order valence-corrected chi connectivity index (χ3v) is 5.82. The molecule has 10 heteroatoms. The van der Waals surface area contributed by atoms with Crippen molar-refractivity contribution in [3.05, 3.63) is 10.6 Å². The molecular formula is C18H27N5O4S. The van der Waals surface area contributed by atoms with Crippen molar-refractivity contribution in [2.24, 2.45) is 0 Å². The lowest BCUT2D eigenvalue weighted by Gasteiger charge is -2.24. The zero-order valence-electron chi connectivity index (χ0n) is 16.1. The van der Waals surface area contributed by atoms with Crippen molar-refractivity contribution in [1.82, 2.24) is 20.5 Å². The van der Waals surface area contributed by atoms with Gasteiger partial charge in [-0.15, -0.1) is 11.3 Å². The molecule has 0 bridgehead atoms. The minimum atomic E-state index is -0.439. The monoisotopic (exact) mass is 409 g/mol. The van der Waals surface area contributed by atoms with Crippen molar-refractivity contribution >= 4 is 34.4 Å². The zero-order chi connectivity index (χ0) is 19.9. The number of hydrogen-bond acceptors (Lipinski definition) is 7. The predicted molar refractivity (Wildman–Crippen MR) is 105 cm³/mol. The van der Waals surface area contributed by atoms with Gasteiger partial charge in [0.15, 0.2) is 5.13 Å². The molecule has 1 saturated carbocycles. The molecule has 0 aromatic carbocycles. The largest absolute Gasteiger partial charge is 0.465 e. The first-order chi connectivity index (χ1) is 13.5. The Labute approximate surface area is 168 Å². The summed E-state index contributed by atoms with van der Waals surface area (Å²) >= 11 is 1.45. The van der Waals surface area contributed by atoms with Crippen LogP contribution in [0.15, 0.2) is 0 Å². The number of fused-ring (bicyclic) bond motifs is 1. The quantitative estimate of drug-likeness (QED) is 0.584. The van der Waals surface area contributed by atoms with Gasteiger partial charge in [-0.05, 0) is 19.8 Å². The topological polar surface area (TPSA) is 113 Å². The van der Waals surface area contributed by atoms with Crippen molar-refractivity contribution in [2.75, 3.05) is 31.6 Å². The second-order valence-corrected chi connectivity index (χ2v) is 8.09. The Kier molecular flexibility index (Phi) is 7.21. The van der Waals surface area contributed by atoms with Crippen molar-refractivity contribution in [3.8, 4) is 0 Å². The van der Waals surface area contributed by atoms with Gasteiger partial charge in [0.25, 0.3) is 0 Å². The first-order valence-electron chi connectivity index (χ1n) is 9.74. The minimum absolute atomic E-state index is 0.115. The molecule has 2 aliphatic rings. The van der Waals surface area contributed by atoms with E-state index in [4.69, 9.17) is 4.74 Å². The second kappa shape index (κ2) is 9.83. The van der Waals surface area contributed by atoms with Crippen LogP contribution in [0, 0.1) is 0 Å². The zero-order valence-corrected chi connectivity index (χ0v) is 16.9. The standard InChI is InChI=1S/C18H27N5O4S/c1-2-27-16(25)9-19-15(24)11-23-8-7-13-14(10-23)28-18(21-13)22-17(26)20-12-5-3-4-6-12/h12H,2-11H2,1H3,(H,19,24)(H2,20,21,22,26). The highest BCUT2D eigenvalue weighted by Crippen LogP contribution is 2.28. The van der Waals surface area contributed by atoms with Crippen LogP contribution in [0.25, 0.3) is 0 Å². The number of rotatable bonds is 7. The van der Waals surface area contributed by atoms with E-state index in [-0.39, 0.29) is 31.1 Å². The number of aromatic nitrogens is 1. The van der Waals surface area contributed by atoms with E-state index in [9.17, 15) is 14.4 Å². The Balaban J connectivity index is 1.45. The van der Waals surface area contributed by atoms with E-state index in [0.717, 1.165) is 29.8 Å². The van der Waals surface area contributed by atoms with E-state index < -0.39 is 5.97 Å². The van der Waals surface area contributed by atoms with Crippen molar-refractivity contribution < 1.29 is 19.1 Å². The third kappa shape index (κ3) is 5.90. The molecule has 3 amide bonds. The van der Waals surface area contributed by atoms with Crippen LogP contribution in [0.3, 0.4) is 0 Å². The molecule has 0 saturated heterocycles. The number of carbonyl (C=O) groups excluding carboxylic acids is 3. The van der Waals surface area contributed by atoms with Crippen molar-refractivity contribution in [2.45, 2.75) is 51.6 Å². The van der Waals surface area contributed by atoms with E-state index in [1.165, 1.54) is 24.2 Å². The first-order valence-corrected chi connectivity index (χ1v) is 10.6. The number of ether oxygens (including phenoxy) is 1. The number of nitrogens with zero attached hydrogens (tertiary/aromatic N) is 2. The first kappa shape index (κ1) is 20.5. The van der Waals surface area contributed by atoms with Crippen LogP contribution in [0.5, 0.6) is 0 Å². The molecule has 0 spiro atoms. The smallest absolute Gasteiger partial charge is 0.325 e. The highest BCUT2D eigenvalue weighted by Gasteiger charge is 2.24. The Morgan fingerprint density at radius 3 is 2.82 bits per heavy atom. The molecule has 1 aromatic rings. The van der Waals surface area contributed by atoms with Gasteiger partial charge in [0.2, 0.25) is 5.91 Å². The molecular weight excluding hydrogens is 382 g/mol. The van der Waals surface area contributed by atoms with E-state index in [2.05, 4.69) is 20.9 Å². The molecule has 9 nitrogen and oxygen atoms in total. The number of carbonyl (C=O) groups is 3. The molecule has 2 heterocycles. The third-order valence-electron chi connectivity index (χ3n) is 4.82. The van der Waals surface area contributed by atoms with E-state index in [0.29, 0.717) is 24.8 Å². The molecule has 0 radical (unpaired) electrons. The van der Waals surface area contributed by atoms with Crippen LogP contribution >= 0.6 is 11.3 Å². The summed E-state index contributed by atoms with van der Waals surface area (Å²) < 4.78 is 4.79. The summed E-state index contributed by atoms with van der Waals surface area (Å²) in [6.07, 6.45) is 5.13. The molecule has 0 atom stereocenters. The number of hydrogen-bond donors (Lipinski definition) is 3. The summed E-state index contributed by atoms with van der Waals surface area (Å²) in [5, 5.41) is 8.99. The summed E-state index contributed by atoms with van der Waals surface area (Å²) in [5.74, 6) is -0.652. The molecule has 1 aromatic heterocycles. The number of anilines is 1. The van der Waals surface area contributed by atoms with Gasteiger partial charge in [-0.3, -0.25) is 19.8 Å². The summed E-state index contributed by atoms with van der Waals surface area (Å²) in [7, 11) is 0. The minimum Gasteiger partial charge on any atom is -0.465 e. The van der Waals surface area contributed by atoms with Crippen LogP contribution in [0.4, 0.5) is 9.93 Å². The fourth-order valence-corrected chi connectivity index (χ4v) is 4.51. The van der Waals surface area contributed by atoms with Gasteiger partial charge >= 0.3 is 12.0 Å². The van der Waals surface area contributed by atoms with Crippen LogP contribution in [0.2, 0.25) is 0 Å². The molecule has 154 valence electrons. The fraction of sp³-hybridized carbons (Fsp3) is 0.667. The second-order valence-electron chi connectivity index (χ2n) is 7.01. The van der Waals surface area contributed by atoms with Crippen LogP contribution in [-0.2, 0) is 27.3 Å². The van der Waals surface area contributed by atoms with Gasteiger partial charge in [0.05, 0.1) is 18.8 Å². The highest BCUT2D eigenvalue weighted by atomic mass is 32.1. The summed E-state index contributed by atoms with van der Waals surface area (Å²) in [6, 6.07) is 0.0615. The van der Waals surface area contributed by atoms with Crippen LogP contribution in [0.1, 0.15) is 43.2 Å². The molecule has 1 aliphatic heterocycles. The normalized spacial score (nSPS) is 17.0. The molecule has 3 rings (SSSR count). The molecule has 0 unspecified atom stereocenters. The Morgan fingerprint density at radius 2 is 2.07 bits per heavy atom. The Bertz CT molecular complexity index is 717. The Hall–Kier alpha value is -2.20. The summed E-state index contributed by atoms with van der Waals surface area (Å²) in [4.78, 5) is 43.0. The van der Waals surface area contributed by atoms with Crippen molar-refractivity contribution in [1.29, 1.82) is 0 Å². The highest BCUT2D eigenvalue weighted by molar-refractivity contribution is 7.15. The molecule has 1 aliphatic carbocycles. The van der Waals surface area contributed by atoms with Crippen LogP contribution in [-0.4, -0.2) is 60.1 Å². The lowest BCUT2D eigenvalue weighted by Crippen LogP contribution is -2.41. The van der Waals surface area contributed by atoms with E-state index in [1.807, 2.05) is 4.90 Å². The average molecular weight is 410 g/mol. The SMILES string of the molecule is CCOC(=O)CNC(=O)CN1CCc2nc(NC(=O)NC3CCCC3)sc2C1. The molecule has 1 fully saturated rings. The lowest BCUT2D eigenvalue weighted by molar-refractivity contribution is -0.143. The van der Waals surface area contributed by atoms with E-state index in [1.54, 1.807) is 6.92 Å². The maximum atomic E-state index is 12.1. The van der Waals surface area contributed by atoms with Crippen molar-refractivity contribution in [3.63, 3.8) is 0 Å². The van der Waals surface area contributed by atoms with Crippen LogP contribution < -0.4 is 16.0 Å². The number of amides is 3. The summed E-state index contributed by atoms with van der Waals surface area (Å²) in [5.41, 5.74) is 0.976. The lowest BCUT2D eigenvalue weighted by atomic mass is 10.2. The Morgan fingerprint density at radius 1 is 1.29 bits per heavy atom. The predicted octanol–water partition coefficient (Wildman–Crippen LogP) is 1.24. The van der Waals surface area contributed by atoms with Gasteiger partial charge in [0.1, 0.15) is 6.54 Å². The van der Waals surface area contributed by atoms with Gasteiger partial charge < -0.3 is 15.4 Å².